The molecule has 0 radical (unpaired) electrons. The summed E-state index contributed by atoms with van der Waals surface area (Å²) >= 11 is 3.14. The van der Waals surface area contributed by atoms with Crippen molar-refractivity contribution in [1.29, 1.82) is 0 Å². The van der Waals surface area contributed by atoms with Crippen molar-refractivity contribution >= 4 is 40.0 Å². The van der Waals surface area contributed by atoms with Crippen molar-refractivity contribution in [1.82, 2.24) is 0 Å². The third kappa shape index (κ3) is 5.00. The summed E-state index contributed by atoms with van der Waals surface area (Å²) in [5.74, 6) is -0.240. The Balaban J connectivity index is 1.86. The molecule has 2 aromatic carbocycles. The van der Waals surface area contributed by atoms with E-state index in [1.54, 1.807) is 0 Å². The fraction of sp³-hybridized carbons (Fsp3) is 0.261. The van der Waals surface area contributed by atoms with Crippen LogP contribution in [0.4, 0.5) is 0 Å². The molecule has 1 N–H and O–H groups in total. The van der Waals surface area contributed by atoms with Gasteiger partial charge < -0.3 is 0 Å². The molecule has 1 aliphatic carbocycles. The van der Waals surface area contributed by atoms with Gasteiger partial charge in [-0.2, -0.15) is 0 Å². The summed E-state index contributed by atoms with van der Waals surface area (Å²) in [6.07, 6.45) is 4.82. The van der Waals surface area contributed by atoms with Gasteiger partial charge in [0.25, 0.3) is 0 Å². The third-order valence-electron chi connectivity index (χ3n) is 5.22. The molecule has 0 bridgehead atoms. The molecule has 0 amide bonds. The Kier molecular flexibility index (Phi) is 7.23. The van der Waals surface area contributed by atoms with Gasteiger partial charge in [-0.15, -0.1) is 0 Å². The number of alkyl halides is 1. The minimum atomic E-state index is -2.91. The second-order valence-corrected chi connectivity index (χ2v) is 11.0. The number of hydrogen-bond acceptors (Lipinski definition) is 3. The van der Waals surface area contributed by atoms with E-state index in [-0.39, 0.29) is 17.4 Å². The van der Waals surface area contributed by atoms with Crippen molar-refractivity contribution in [3.63, 3.8) is 0 Å². The number of allylic oxidation sites excluding steroid dienone is 2. The van der Waals surface area contributed by atoms with Gasteiger partial charge in [0, 0.05) is 0 Å². The number of rotatable bonds is 6. The first-order valence-corrected chi connectivity index (χ1v) is 12.8. The monoisotopic (exact) mass is 460 g/mol. The van der Waals surface area contributed by atoms with Gasteiger partial charge in [0.15, 0.2) is 0 Å². The Morgan fingerprint density at radius 1 is 1.14 bits per heavy atom. The Morgan fingerprint density at radius 3 is 2.25 bits per heavy atom. The Labute approximate surface area is 175 Å². The molecule has 0 saturated heterocycles. The van der Waals surface area contributed by atoms with Crippen LogP contribution >= 0.6 is 23.4 Å². The first-order chi connectivity index (χ1) is 13.5. The normalized spacial score (nSPS) is 19.4. The zero-order valence-electron chi connectivity index (χ0n) is 15.8. The topological polar surface area (TPSA) is 46.5 Å². The molecule has 2 aromatic rings. The minimum absolute atomic E-state index is 0.120. The van der Waals surface area contributed by atoms with Crippen LogP contribution in [0.15, 0.2) is 84.5 Å². The molecule has 0 aromatic heterocycles. The van der Waals surface area contributed by atoms with Gasteiger partial charge >= 0.3 is 176 Å². The molecule has 1 saturated carbocycles. The average Bonchev–Trinajstić information content (AvgIpc) is 2.75. The third-order valence-corrected chi connectivity index (χ3v) is 9.05. The van der Waals surface area contributed by atoms with Gasteiger partial charge in [0.1, 0.15) is 0 Å². The van der Waals surface area contributed by atoms with Gasteiger partial charge in [-0.1, -0.05) is 0 Å². The van der Waals surface area contributed by atoms with Crippen LogP contribution in [-0.2, 0) is 9.53 Å². The van der Waals surface area contributed by atoms with E-state index in [2.05, 4.69) is 28.6 Å². The van der Waals surface area contributed by atoms with E-state index in [1.807, 2.05) is 60.7 Å². The molecule has 0 spiro atoms. The molecular weight excluding hydrogens is 435 g/mol. The first-order valence-electron chi connectivity index (χ1n) is 9.49. The summed E-state index contributed by atoms with van der Waals surface area (Å²) in [6.45, 7) is 4.19. The number of ether oxygens (including phenoxy) is 1. The van der Waals surface area contributed by atoms with E-state index in [1.165, 1.54) is 0 Å². The van der Waals surface area contributed by atoms with E-state index in [0.717, 1.165) is 34.6 Å². The quantitative estimate of drug-likeness (QED) is 0.397. The molecule has 5 heteroatoms. The summed E-state index contributed by atoms with van der Waals surface area (Å²) < 4.78 is 5.50. The maximum atomic E-state index is 11.8. The summed E-state index contributed by atoms with van der Waals surface area (Å²) in [6, 6.07) is 19.8. The molecule has 0 aliphatic heterocycles. The van der Waals surface area contributed by atoms with Crippen molar-refractivity contribution < 1.29 is 14.4 Å². The van der Waals surface area contributed by atoms with Gasteiger partial charge in [-0.25, -0.2) is 0 Å². The van der Waals surface area contributed by atoms with Gasteiger partial charge in [0.05, 0.1) is 0 Å². The SMILES string of the molecule is C=C1CC[C@H](OC(=O)CBr)C/C1=C/C[PH](O)(c1ccccc1)c1ccccc1. The number of benzene rings is 2. The number of carbonyl (C=O) groups excluding carboxylic acids is 1. The van der Waals surface area contributed by atoms with Crippen LogP contribution in [0, 0.1) is 0 Å². The Bertz CT molecular complexity index is 809. The van der Waals surface area contributed by atoms with Crippen molar-refractivity contribution in [2.75, 3.05) is 11.5 Å². The summed E-state index contributed by atoms with van der Waals surface area (Å²) in [4.78, 5) is 23.4. The first kappa shape index (κ1) is 21.0. The number of carbonyl (C=O) groups is 1. The van der Waals surface area contributed by atoms with Gasteiger partial charge in [-0.05, 0) is 0 Å². The fourth-order valence-electron chi connectivity index (χ4n) is 3.63. The fourth-order valence-corrected chi connectivity index (χ4v) is 6.60. The van der Waals surface area contributed by atoms with Crippen LogP contribution < -0.4 is 10.6 Å². The number of hydrogen-bond donors (Lipinski definition) is 1. The van der Waals surface area contributed by atoms with Gasteiger partial charge in [-0.3, -0.25) is 0 Å². The van der Waals surface area contributed by atoms with Crippen molar-refractivity contribution in [2.24, 2.45) is 0 Å². The summed E-state index contributed by atoms with van der Waals surface area (Å²) in [5.41, 5.74) is 2.17. The second-order valence-electron chi connectivity index (χ2n) is 7.12. The summed E-state index contributed by atoms with van der Waals surface area (Å²) in [7, 11) is -2.91. The van der Waals surface area contributed by atoms with Gasteiger partial charge in [0.2, 0.25) is 0 Å². The van der Waals surface area contributed by atoms with Crippen LogP contribution in [0.1, 0.15) is 19.3 Å². The second kappa shape index (κ2) is 9.65. The van der Waals surface area contributed by atoms with Crippen LogP contribution in [0.2, 0.25) is 0 Å². The molecular formula is C23H26BrO3P. The maximum absolute atomic E-state index is 11.8. The van der Waals surface area contributed by atoms with Crippen LogP contribution in [0.3, 0.4) is 0 Å². The Hall–Kier alpha value is -1.74. The van der Waals surface area contributed by atoms with Crippen molar-refractivity contribution in [3.05, 3.63) is 84.5 Å². The van der Waals surface area contributed by atoms with E-state index in [0.29, 0.717) is 12.6 Å². The number of esters is 1. The zero-order valence-corrected chi connectivity index (χ0v) is 18.4. The molecule has 28 heavy (non-hydrogen) atoms. The van der Waals surface area contributed by atoms with Crippen molar-refractivity contribution in [2.45, 2.75) is 25.4 Å². The summed E-state index contributed by atoms with van der Waals surface area (Å²) in [5, 5.41) is 2.18. The Morgan fingerprint density at radius 2 is 1.71 bits per heavy atom. The molecule has 0 heterocycles. The van der Waals surface area contributed by atoms with E-state index in [4.69, 9.17) is 4.74 Å². The molecule has 1 fully saturated rings. The molecule has 1 atom stereocenters. The van der Waals surface area contributed by atoms with E-state index < -0.39 is 7.49 Å². The van der Waals surface area contributed by atoms with Crippen molar-refractivity contribution in [3.8, 4) is 0 Å². The van der Waals surface area contributed by atoms with E-state index >= 15 is 0 Å². The predicted octanol–water partition coefficient (Wildman–Crippen LogP) is 4.27. The molecule has 1 aliphatic rings. The number of halogens is 1. The van der Waals surface area contributed by atoms with Crippen LogP contribution in [0.5, 0.6) is 0 Å². The molecule has 0 unspecified atom stereocenters. The zero-order chi connectivity index (χ0) is 20.0. The molecule has 3 nitrogen and oxygen atoms in total. The predicted molar refractivity (Wildman–Crippen MR) is 122 cm³/mol. The van der Waals surface area contributed by atoms with Crippen LogP contribution in [-0.4, -0.2) is 28.5 Å². The van der Waals surface area contributed by atoms with Crippen LogP contribution in [0.25, 0.3) is 0 Å². The average molecular weight is 461 g/mol. The standard InChI is InChI=1S/C23H26BrO3P/c1-18-12-13-20(27-23(25)17-24)16-19(18)14-15-28(26,21-8-4-2-5-9-21)22-10-6-3-7-11-22/h2-11,14,20,26,28H,1,12-13,15-17H2/b19-14-/t20-/m0/s1. The molecule has 3 rings (SSSR count). The van der Waals surface area contributed by atoms with E-state index in [9.17, 15) is 9.69 Å². The molecule has 148 valence electrons.